The first-order chi connectivity index (χ1) is 12.1. The second kappa shape index (κ2) is 10.5. The molecule has 1 aromatic rings. The predicted octanol–water partition coefficient (Wildman–Crippen LogP) is 2.12. The highest BCUT2D eigenvalue weighted by Crippen LogP contribution is 2.19. The van der Waals surface area contributed by atoms with Crippen LogP contribution in [0.1, 0.15) is 6.92 Å². The van der Waals surface area contributed by atoms with Crippen molar-refractivity contribution in [2.45, 2.75) is 13.0 Å². The van der Waals surface area contributed by atoms with Crippen LogP contribution in [-0.4, -0.2) is 80.8 Å². The van der Waals surface area contributed by atoms with Gasteiger partial charge in [-0.05, 0) is 31.2 Å². The van der Waals surface area contributed by atoms with Gasteiger partial charge in [0.1, 0.15) is 0 Å². The molecule has 2 aliphatic rings. The van der Waals surface area contributed by atoms with Crippen molar-refractivity contribution in [3.8, 4) is 0 Å². The molecule has 1 atom stereocenters. The van der Waals surface area contributed by atoms with E-state index in [1.807, 2.05) is 12.1 Å². The van der Waals surface area contributed by atoms with Gasteiger partial charge in [0, 0.05) is 56.0 Å². The number of piperazine rings is 1. The third-order valence-corrected chi connectivity index (χ3v) is 5.23. The molecule has 2 aliphatic heterocycles. The zero-order valence-corrected chi connectivity index (χ0v) is 18.4. The van der Waals surface area contributed by atoms with Crippen molar-refractivity contribution >= 4 is 47.2 Å². The molecule has 0 spiro atoms. The van der Waals surface area contributed by atoms with Gasteiger partial charge >= 0.3 is 0 Å². The fourth-order valence-electron chi connectivity index (χ4n) is 3.31. The summed E-state index contributed by atoms with van der Waals surface area (Å²) in [7, 11) is 0. The van der Waals surface area contributed by atoms with Crippen molar-refractivity contribution in [1.82, 2.24) is 9.80 Å². The standard InChI is InChI=1S/C18H28ClN5O.HI/c1-15(22-10-12-25-13-11-22)14-21-18(20)24-8-6-23(7-9-24)17-4-2-16(19)3-5-17;/h2-5,15H,6-14H2,1H3,(H2,20,21);1H. The number of benzene rings is 1. The lowest BCUT2D eigenvalue weighted by atomic mass is 10.2. The molecule has 0 aromatic heterocycles. The largest absolute Gasteiger partial charge is 0.379 e. The Morgan fingerprint density at radius 2 is 1.73 bits per heavy atom. The number of aliphatic imine (C=N–C) groups is 1. The molecular weight excluding hydrogens is 465 g/mol. The van der Waals surface area contributed by atoms with Gasteiger partial charge in [-0.1, -0.05) is 11.6 Å². The third kappa shape index (κ3) is 5.87. The van der Waals surface area contributed by atoms with Crippen LogP contribution in [0.15, 0.2) is 29.3 Å². The van der Waals surface area contributed by atoms with E-state index in [4.69, 9.17) is 22.1 Å². The maximum Gasteiger partial charge on any atom is 0.191 e. The summed E-state index contributed by atoms with van der Waals surface area (Å²) < 4.78 is 5.40. The number of hydrogen-bond donors (Lipinski definition) is 1. The first kappa shape index (κ1) is 21.5. The van der Waals surface area contributed by atoms with E-state index in [1.165, 1.54) is 5.69 Å². The summed E-state index contributed by atoms with van der Waals surface area (Å²) in [5.41, 5.74) is 7.44. The lowest BCUT2D eigenvalue weighted by molar-refractivity contribution is 0.0220. The maximum atomic E-state index is 6.23. The molecule has 146 valence electrons. The first-order valence-corrected chi connectivity index (χ1v) is 9.38. The number of morpholine rings is 1. The molecule has 2 N–H and O–H groups in total. The summed E-state index contributed by atoms with van der Waals surface area (Å²) in [5.74, 6) is 0.663. The Balaban J connectivity index is 0.00000243. The van der Waals surface area contributed by atoms with Gasteiger partial charge in [-0.3, -0.25) is 9.89 Å². The van der Waals surface area contributed by atoms with Crippen molar-refractivity contribution in [3.63, 3.8) is 0 Å². The van der Waals surface area contributed by atoms with E-state index < -0.39 is 0 Å². The zero-order valence-electron chi connectivity index (χ0n) is 15.3. The Labute approximate surface area is 178 Å². The number of rotatable bonds is 4. The van der Waals surface area contributed by atoms with Gasteiger partial charge in [0.25, 0.3) is 0 Å². The van der Waals surface area contributed by atoms with E-state index in [2.05, 4.69) is 38.7 Å². The molecule has 26 heavy (non-hydrogen) atoms. The Hall–Kier alpha value is -0.770. The van der Waals surface area contributed by atoms with Crippen LogP contribution in [0.25, 0.3) is 0 Å². The Morgan fingerprint density at radius 3 is 2.35 bits per heavy atom. The van der Waals surface area contributed by atoms with Crippen LogP contribution in [0.5, 0.6) is 0 Å². The first-order valence-electron chi connectivity index (χ1n) is 9.00. The predicted molar refractivity (Wildman–Crippen MR) is 119 cm³/mol. The number of halogens is 2. The third-order valence-electron chi connectivity index (χ3n) is 4.98. The molecule has 2 saturated heterocycles. The number of anilines is 1. The number of guanidine groups is 1. The average Bonchev–Trinajstić information content (AvgIpc) is 2.67. The zero-order chi connectivity index (χ0) is 17.6. The van der Waals surface area contributed by atoms with Crippen molar-refractivity contribution in [1.29, 1.82) is 0 Å². The van der Waals surface area contributed by atoms with Crippen LogP contribution in [0.4, 0.5) is 5.69 Å². The number of ether oxygens (including phenoxy) is 1. The molecule has 0 aliphatic carbocycles. The molecule has 0 saturated carbocycles. The highest BCUT2D eigenvalue weighted by molar-refractivity contribution is 14.0. The molecule has 0 bridgehead atoms. The van der Waals surface area contributed by atoms with Crippen LogP contribution in [-0.2, 0) is 4.74 Å². The van der Waals surface area contributed by atoms with Gasteiger partial charge in [0.15, 0.2) is 5.96 Å². The number of hydrogen-bond acceptors (Lipinski definition) is 4. The second-order valence-electron chi connectivity index (χ2n) is 6.65. The summed E-state index contributed by atoms with van der Waals surface area (Å²) in [5, 5.41) is 0.771. The maximum absolute atomic E-state index is 6.23. The summed E-state index contributed by atoms with van der Waals surface area (Å²) in [4.78, 5) is 11.6. The normalized spacial score (nSPS) is 20.6. The average molecular weight is 494 g/mol. The van der Waals surface area contributed by atoms with E-state index in [9.17, 15) is 0 Å². The van der Waals surface area contributed by atoms with Crippen LogP contribution >= 0.6 is 35.6 Å². The van der Waals surface area contributed by atoms with Gasteiger partial charge in [-0.25, -0.2) is 0 Å². The van der Waals surface area contributed by atoms with Gasteiger partial charge in [0.2, 0.25) is 0 Å². The summed E-state index contributed by atoms with van der Waals surface area (Å²) >= 11 is 5.96. The topological polar surface area (TPSA) is 57.3 Å². The van der Waals surface area contributed by atoms with Crippen molar-refractivity contribution in [2.75, 3.05) is 63.9 Å². The van der Waals surface area contributed by atoms with Crippen LogP contribution < -0.4 is 10.6 Å². The van der Waals surface area contributed by atoms with Crippen molar-refractivity contribution < 1.29 is 4.74 Å². The Morgan fingerprint density at radius 1 is 1.12 bits per heavy atom. The van der Waals surface area contributed by atoms with Gasteiger partial charge in [-0.2, -0.15) is 0 Å². The van der Waals surface area contributed by atoms with E-state index in [0.717, 1.165) is 64.0 Å². The molecule has 0 amide bonds. The fraction of sp³-hybridized carbons (Fsp3) is 0.611. The van der Waals surface area contributed by atoms with Gasteiger partial charge in [-0.15, -0.1) is 24.0 Å². The second-order valence-corrected chi connectivity index (χ2v) is 7.08. The minimum Gasteiger partial charge on any atom is -0.379 e. The lowest BCUT2D eigenvalue weighted by Gasteiger charge is -2.37. The highest BCUT2D eigenvalue weighted by atomic mass is 127. The SMILES string of the molecule is CC(CN=C(N)N1CCN(c2ccc(Cl)cc2)CC1)N1CCOCC1.I. The van der Waals surface area contributed by atoms with Gasteiger partial charge in [0.05, 0.1) is 19.8 Å². The molecule has 1 aromatic carbocycles. The number of nitrogens with zero attached hydrogens (tertiary/aromatic N) is 4. The minimum absolute atomic E-state index is 0. The van der Waals surface area contributed by atoms with Crippen LogP contribution in [0.3, 0.4) is 0 Å². The number of nitrogens with two attached hydrogens (primary N) is 1. The molecule has 2 fully saturated rings. The Bertz CT molecular complexity index is 571. The minimum atomic E-state index is 0. The monoisotopic (exact) mass is 493 g/mol. The summed E-state index contributed by atoms with van der Waals surface area (Å²) in [6.45, 7) is 10.2. The van der Waals surface area contributed by atoms with E-state index in [0.29, 0.717) is 12.0 Å². The van der Waals surface area contributed by atoms with Crippen molar-refractivity contribution in [3.05, 3.63) is 29.3 Å². The van der Waals surface area contributed by atoms with Crippen LogP contribution in [0, 0.1) is 0 Å². The lowest BCUT2D eigenvalue weighted by Crippen LogP contribution is -2.51. The molecule has 8 heteroatoms. The van der Waals surface area contributed by atoms with Crippen LogP contribution in [0.2, 0.25) is 5.02 Å². The summed E-state index contributed by atoms with van der Waals surface area (Å²) in [6, 6.07) is 8.41. The molecular formula is C18H29ClIN5O. The molecule has 1 unspecified atom stereocenters. The van der Waals surface area contributed by atoms with E-state index >= 15 is 0 Å². The quantitative estimate of drug-likeness (QED) is 0.396. The molecule has 6 nitrogen and oxygen atoms in total. The highest BCUT2D eigenvalue weighted by Gasteiger charge is 2.20. The summed E-state index contributed by atoms with van der Waals surface area (Å²) in [6.07, 6.45) is 0. The van der Waals surface area contributed by atoms with E-state index in [-0.39, 0.29) is 24.0 Å². The fourth-order valence-corrected chi connectivity index (χ4v) is 3.43. The van der Waals surface area contributed by atoms with Crippen molar-refractivity contribution in [2.24, 2.45) is 10.7 Å². The molecule has 2 heterocycles. The van der Waals surface area contributed by atoms with Gasteiger partial charge < -0.3 is 20.3 Å². The molecule has 0 radical (unpaired) electrons. The Kier molecular flexibility index (Phi) is 8.72. The molecule has 3 rings (SSSR count). The van der Waals surface area contributed by atoms with E-state index in [1.54, 1.807) is 0 Å². The smallest absolute Gasteiger partial charge is 0.191 e.